The third kappa shape index (κ3) is 3.50. The van der Waals surface area contributed by atoms with Crippen LogP contribution in [0.25, 0.3) is 4.85 Å². The first-order chi connectivity index (χ1) is 9.93. The Kier molecular flexibility index (Phi) is 4.44. The molecule has 0 saturated heterocycles. The van der Waals surface area contributed by atoms with Crippen LogP contribution in [0.3, 0.4) is 0 Å². The van der Waals surface area contributed by atoms with E-state index in [0.29, 0.717) is 0 Å². The summed E-state index contributed by atoms with van der Waals surface area (Å²) in [6, 6.07) is 14.2. The third-order valence-corrected chi connectivity index (χ3v) is 5.30. The Hall–Kier alpha value is -2.12. The highest BCUT2D eigenvalue weighted by molar-refractivity contribution is 7.92. The quantitative estimate of drug-likeness (QED) is 0.810. The van der Waals surface area contributed by atoms with Gasteiger partial charge in [0.25, 0.3) is 9.84 Å². The average Bonchev–Trinajstić information content (AvgIpc) is 2.47. The van der Waals surface area contributed by atoms with Gasteiger partial charge in [-0.15, -0.1) is 0 Å². The fraction of sp³-hybridized carbons (Fsp3) is 0.235. The first-order valence-electron chi connectivity index (χ1n) is 6.66. The van der Waals surface area contributed by atoms with Gasteiger partial charge in [-0.3, -0.25) is 4.85 Å². The summed E-state index contributed by atoms with van der Waals surface area (Å²) in [4.78, 5) is 3.55. The van der Waals surface area contributed by atoms with E-state index in [1.54, 1.807) is 24.3 Å². The summed E-state index contributed by atoms with van der Waals surface area (Å²) in [5.74, 6) is 0. The summed E-state index contributed by atoms with van der Waals surface area (Å²) in [5.41, 5.74) is 2.96. The van der Waals surface area contributed by atoms with Gasteiger partial charge in [0.15, 0.2) is 0 Å². The molecular formula is C17H17NO2S. The molecule has 0 N–H and O–H groups in total. The van der Waals surface area contributed by atoms with Crippen LogP contribution in [0.5, 0.6) is 0 Å². The molecule has 3 nitrogen and oxygen atoms in total. The molecule has 0 aromatic heterocycles. The minimum atomic E-state index is -3.63. The Morgan fingerprint density at radius 2 is 1.43 bits per heavy atom. The van der Waals surface area contributed by atoms with Crippen molar-refractivity contribution < 1.29 is 8.42 Å². The molecule has 0 unspecified atom stereocenters. The van der Waals surface area contributed by atoms with Crippen molar-refractivity contribution >= 4 is 9.84 Å². The van der Waals surface area contributed by atoms with E-state index in [1.165, 1.54) is 0 Å². The van der Waals surface area contributed by atoms with E-state index in [0.717, 1.165) is 16.7 Å². The highest BCUT2D eigenvalue weighted by atomic mass is 32.2. The zero-order chi connectivity index (χ0) is 15.5. The Labute approximate surface area is 126 Å². The standard InChI is InChI=1S/C17H17NO2S/c1-13-4-8-15(9-5-13)12-17(18-3)21(19,20)16-10-6-14(2)7-11-16/h4-11,17H,12H2,1-2H3/t17-/m1/s1. The maximum Gasteiger partial charge on any atom is 0.329 e. The van der Waals surface area contributed by atoms with Crippen LogP contribution in [0.15, 0.2) is 53.4 Å². The van der Waals surface area contributed by atoms with Crippen molar-refractivity contribution in [2.75, 3.05) is 0 Å². The molecule has 108 valence electrons. The predicted molar refractivity (Wildman–Crippen MR) is 83.6 cm³/mol. The van der Waals surface area contributed by atoms with Crippen LogP contribution in [0.2, 0.25) is 0 Å². The van der Waals surface area contributed by atoms with Crippen molar-refractivity contribution in [1.82, 2.24) is 0 Å². The van der Waals surface area contributed by atoms with Gasteiger partial charge in [-0.25, -0.2) is 15.0 Å². The van der Waals surface area contributed by atoms with Gasteiger partial charge in [0, 0.05) is 0 Å². The lowest BCUT2D eigenvalue weighted by Gasteiger charge is -2.08. The van der Waals surface area contributed by atoms with Gasteiger partial charge < -0.3 is 0 Å². The van der Waals surface area contributed by atoms with Crippen molar-refractivity contribution in [3.63, 3.8) is 0 Å². The summed E-state index contributed by atoms with van der Waals surface area (Å²) in [6.07, 6.45) is 0.208. The van der Waals surface area contributed by atoms with Crippen molar-refractivity contribution in [3.8, 4) is 0 Å². The van der Waals surface area contributed by atoms with Gasteiger partial charge in [-0.05, 0) is 31.5 Å². The highest BCUT2D eigenvalue weighted by Gasteiger charge is 2.32. The lowest BCUT2D eigenvalue weighted by atomic mass is 10.1. The minimum Gasteiger partial charge on any atom is -0.296 e. The molecule has 2 aromatic carbocycles. The van der Waals surface area contributed by atoms with Crippen LogP contribution in [0.1, 0.15) is 16.7 Å². The van der Waals surface area contributed by atoms with E-state index in [4.69, 9.17) is 6.57 Å². The summed E-state index contributed by atoms with van der Waals surface area (Å²) in [5, 5.41) is -1.08. The van der Waals surface area contributed by atoms with Crippen molar-refractivity contribution in [3.05, 3.63) is 76.6 Å². The molecule has 0 radical (unpaired) electrons. The molecule has 0 aliphatic rings. The van der Waals surface area contributed by atoms with E-state index in [2.05, 4.69) is 4.85 Å². The molecule has 0 fully saturated rings. The number of benzene rings is 2. The summed E-state index contributed by atoms with van der Waals surface area (Å²) >= 11 is 0. The van der Waals surface area contributed by atoms with E-state index in [1.807, 2.05) is 38.1 Å². The molecule has 0 aliphatic carbocycles. The smallest absolute Gasteiger partial charge is 0.296 e. The summed E-state index contributed by atoms with van der Waals surface area (Å²) < 4.78 is 25.1. The topological polar surface area (TPSA) is 38.5 Å². The lowest BCUT2D eigenvalue weighted by molar-refractivity contribution is 0.587. The largest absolute Gasteiger partial charge is 0.329 e. The molecule has 0 bridgehead atoms. The molecule has 0 aliphatic heterocycles. The second-order valence-corrected chi connectivity index (χ2v) is 7.24. The maximum absolute atomic E-state index is 12.5. The van der Waals surface area contributed by atoms with Gasteiger partial charge in [-0.2, -0.15) is 0 Å². The fourth-order valence-electron chi connectivity index (χ4n) is 2.04. The Morgan fingerprint density at radius 3 is 1.90 bits per heavy atom. The second-order valence-electron chi connectivity index (χ2n) is 5.13. The molecule has 0 amide bonds. The maximum atomic E-state index is 12.5. The zero-order valence-corrected chi connectivity index (χ0v) is 12.9. The number of nitrogens with zero attached hydrogens (tertiary/aromatic N) is 1. The average molecular weight is 299 g/mol. The molecule has 2 rings (SSSR count). The minimum absolute atomic E-state index is 0.208. The molecule has 0 spiro atoms. The molecule has 2 aromatic rings. The van der Waals surface area contributed by atoms with Crippen LogP contribution in [-0.2, 0) is 16.3 Å². The van der Waals surface area contributed by atoms with Crippen molar-refractivity contribution in [2.24, 2.45) is 0 Å². The predicted octanol–water partition coefficient (Wildman–Crippen LogP) is 3.57. The van der Waals surface area contributed by atoms with E-state index < -0.39 is 15.2 Å². The molecule has 4 heteroatoms. The van der Waals surface area contributed by atoms with Crippen LogP contribution >= 0.6 is 0 Å². The van der Waals surface area contributed by atoms with E-state index >= 15 is 0 Å². The van der Waals surface area contributed by atoms with Gasteiger partial charge in [-0.1, -0.05) is 47.5 Å². The number of aryl methyl sites for hydroxylation is 2. The second kappa shape index (κ2) is 6.11. The summed E-state index contributed by atoms with van der Waals surface area (Å²) in [7, 11) is -3.63. The van der Waals surface area contributed by atoms with Crippen LogP contribution in [0, 0.1) is 20.4 Å². The molecule has 21 heavy (non-hydrogen) atoms. The van der Waals surface area contributed by atoms with Gasteiger partial charge in [0.05, 0.1) is 11.3 Å². The normalized spacial score (nSPS) is 12.6. The van der Waals surface area contributed by atoms with Gasteiger partial charge in [0.2, 0.25) is 0 Å². The first-order valence-corrected chi connectivity index (χ1v) is 8.21. The van der Waals surface area contributed by atoms with Crippen molar-refractivity contribution in [1.29, 1.82) is 0 Å². The SMILES string of the molecule is [C-]#[N+][C@@H](Cc1ccc(C)cc1)S(=O)(=O)c1ccc(C)cc1. The first kappa shape index (κ1) is 15.3. The lowest BCUT2D eigenvalue weighted by Crippen LogP contribution is -2.20. The molecule has 0 saturated carbocycles. The van der Waals surface area contributed by atoms with Gasteiger partial charge >= 0.3 is 5.37 Å². The zero-order valence-electron chi connectivity index (χ0n) is 12.1. The van der Waals surface area contributed by atoms with E-state index in [-0.39, 0.29) is 11.3 Å². The Morgan fingerprint density at radius 1 is 0.952 bits per heavy atom. The third-order valence-electron chi connectivity index (χ3n) is 3.38. The molecular weight excluding hydrogens is 282 g/mol. The number of rotatable bonds is 4. The monoisotopic (exact) mass is 299 g/mol. The van der Waals surface area contributed by atoms with Crippen LogP contribution in [0.4, 0.5) is 0 Å². The van der Waals surface area contributed by atoms with Crippen molar-refractivity contribution in [2.45, 2.75) is 30.5 Å². The van der Waals surface area contributed by atoms with Crippen LogP contribution < -0.4 is 0 Å². The van der Waals surface area contributed by atoms with Crippen LogP contribution in [-0.4, -0.2) is 13.8 Å². The summed E-state index contributed by atoms with van der Waals surface area (Å²) in [6.45, 7) is 11.1. The highest BCUT2D eigenvalue weighted by Crippen LogP contribution is 2.21. The fourth-order valence-corrected chi connectivity index (χ4v) is 3.42. The molecule has 1 atom stereocenters. The van der Waals surface area contributed by atoms with E-state index in [9.17, 15) is 8.42 Å². The van der Waals surface area contributed by atoms with Gasteiger partial charge in [0.1, 0.15) is 0 Å². The number of sulfone groups is 1. The Balaban J connectivity index is 2.30. The Bertz CT molecular complexity index is 754. The number of hydrogen-bond acceptors (Lipinski definition) is 2. The number of hydrogen-bond donors (Lipinski definition) is 0. The molecule has 0 heterocycles.